The number of aromatic hydroxyl groups is 1. The molecule has 2 saturated heterocycles. The van der Waals surface area contributed by atoms with Crippen molar-refractivity contribution in [1.82, 2.24) is 43.9 Å². The number of hydrogen-bond acceptors (Lipinski definition) is 12. The molecular weight excluding hydrogens is 1040 g/mol. The molecule has 8 aromatic rings. The minimum Gasteiger partial charge on any atom is -0.507 e. The van der Waals surface area contributed by atoms with E-state index in [0.717, 1.165) is 23.3 Å². The maximum Gasteiger partial charge on any atom is 0.355 e. The van der Waals surface area contributed by atoms with Crippen LogP contribution >= 0.6 is 11.6 Å². The maximum atomic E-state index is 16.4. The Morgan fingerprint density at radius 3 is 2.11 bits per heavy atom. The van der Waals surface area contributed by atoms with E-state index in [2.05, 4.69) is 26.8 Å². The Morgan fingerprint density at radius 1 is 0.734 bits per heavy atom. The third kappa shape index (κ3) is 9.87. The summed E-state index contributed by atoms with van der Waals surface area (Å²) in [4.78, 5) is 83.8. The summed E-state index contributed by atoms with van der Waals surface area (Å²) in [5.41, 5.74) is 1.93. The van der Waals surface area contributed by atoms with Crippen molar-refractivity contribution in [3.63, 3.8) is 0 Å². The van der Waals surface area contributed by atoms with E-state index in [0.29, 0.717) is 46.8 Å². The van der Waals surface area contributed by atoms with Crippen LogP contribution in [0.25, 0.3) is 62.0 Å². The van der Waals surface area contributed by atoms with Gasteiger partial charge in [-0.25, -0.2) is 41.9 Å². The molecular formula is C59H55ClF3N11O5. The number of para-hydroxylation sites is 1. The Morgan fingerprint density at radius 2 is 1.42 bits per heavy atom. The molecule has 0 spiro atoms. The van der Waals surface area contributed by atoms with Crippen molar-refractivity contribution in [2.24, 2.45) is 0 Å². The fraction of sp³-hybridized carbons (Fsp3) is 0.271. The Bertz CT molecular complexity index is 3970. The van der Waals surface area contributed by atoms with E-state index >= 15 is 13.2 Å². The fourth-order valence-corrected chi connectivity index (χ4v) is 10.7. The average Bonchev–Trinajstić information content (AvgIpc) is 3.58. The molecule has 0 radical (unpaired) electrons. The highest BCUT2D eigenvalue weighted by Gasteiger charge is 2.33. The maximum absolute atomic E-state index is 16.4. The molecule has 0 aliphatic carbocycles. The summed E-state index contributed by atoms with van der Waals surface area (Å²) in [6, 6.07) is 19.0. The SMILES string of the molecule is C=CC(=O)N1CC(Nc2nc(=O)n(-c3c(C)cc(/C=C/C(=O)N4CCN(c5nc(=O)n(-c6c(C)cccc6C(C)C)c6nc(-c7c(O)cccc7F)c(F)cc56)[C@@H](C)C4)nc3C(C)C)c3nc(-c4ccccc4F)c(Cl)cc23)C1. The van der Waals surface area contributed by atoms with E-state index in [-0.39, 0.29) is 93.9 Å². The molecule has 0 saturated carbocycles. The fourth-order valence-electron chi connectivity index (χ4n) is 10.5. The van der Waals surface area contributed by atoms with Crippen LogP contribution in [0.4, 0.5) is 24.8 Å². The molecule has 0 unspecified atom stereocenters. The van der Waals surface area contributed by atoms with Crippen LogP contribution in [-0.4, -0.2) is 106 Å². The van der Waals surface area contributed by atoms with Gasteiger partial charge < -0.3 is 25.1 Å². The number of carbonyl (C=O) groups is 2. The second-order valence-corrected chi connectivity index (χ2v) is 20.9. The first kappa shape index (κ1) is 53.7. The second kappa shape index (κ2) is 21.3. The van der Waals surface area contributed by atoms with Gasteiger partial charge in [0, 0.05) is 50.4 Å². The quantitative estimate of drug-likeness (QED) is 0.111. The largest absolute Gasteiger partial charge is 0.507 e. The third-order valence-electron chi connectivity index (χ3n) is 14.4. The first-order valence-electron chi connectivity index (χ1n) is 25.8. The number of carbonyl (C=O) groups excluding carboxylic acids is 2. The summed E-state index contributed by atoms with van der Waals surface area (Å²) < 4.78 is 49.8. The summed E-state index contributed by atoms with van der Waals surface area (Å²) in [6.07, 6.45) is 4.23. The first-order valence-corrected chi connectivity index (χ1v) is 26.1. The topological polar surface area (TPSA) is 185 Å². The van der Waals surface area contributed by atoms with Crippen LogP contribution in [0, 0.1) is 31.3 Å². The number of amides is 2. The summed E-state index contributed by atoms with van der Waals surface area (Å²) >= 11 is 6.85. The predicted molar refractivity (Wildman–Crippen MR) is 300 cm³/mol. The van der Waals surface area contributed by atoms with Gasteiger partial charge in [-0.15, -0.1) is 0 Å². The summed E-state index contributed by atoms with van der Waals surface area (Å²) in [7, 11) is 0. The number of anilines is 2. The number of nitrogens with zero attached hydrogens (tertiary/aromatic N) is 10. The molecule has 2 fully saturated rings. The van der Waals surface area contributed by atoms with E-state index in [4.69, 9.17) is 21.6 Å². The van der Waals surface area contributed by atoms with Crippen molar-refractivity contribution in [3.05, 3.63) is 169 Å². The highest BCUT2D eigenvalue weighted by molar-refractivity contribution is 6.34. The van der Waals surface area contributed by atoms with E-state index in [1.54, 1.807) is 53.1 Å². The number of likely N-dealkylation sites (tertiary alicyclic amines) is 1. The Balaban J connectivity index is 0.972. The number of hydrogen-bond donors (Lipinski definition) is 2. The molecule has 79 heavy (non-hydrogen) atoms. The molecule has 2 aliphatic heterocycles. The van der Waals surface area contributed by atoms with Crippen LogP contribution in [-0.2, 0) is 9.59 Å². The van der Waals surface area contributed by atoms with Gasteiger partial charge in [-0.1, -0.05) is 82.3 Å². The van der Waals surface area contributed by atoms with E-state index in [1.165, 1.54) is 39.5 Å². The number of rotatable bonds is 12. The second-order valence-electron chi connectivity index (χ2n) is 20.5. The number of nitrogens with one attached hydrogen (secondary N) is 1. The Labute approximate surface area is 457 Å². The lowest BCUT2D eigenvalue weighted by molar-refractivity contribution is -0.129. The molecule has 2 aliphatic rings. The molecule has 3 aromatic carbocycles. The number of benzene rings is 3. The number of pyridine rings is 3. The van der Waals surface area contributed by atoms with Crippen molar-refractivity contribution in [2.45, 2.75) is 72.4 Å². The number of halogens is 4. The molecule has 404 valence electrons. The zero-order valence-corrected chi connectivity index (χ0v) is 45.1. The van der Waals surface area contributed by atoms with Crippen molar-refractivity contribution < 1.29 is 27.9 Å². The van der Waals surface area contributed by atoms with Gasteiger partial charge in [-0.05, 0) is 104 Å². The molecule has 16 nitrogen and oxygen atoms in total. The van der Waals surface area contributed by atoms with E-state index < -0.39 is 51.9 Å². The van der Waals surface area contributed by atoms with Crippen molar-refractivity contribution in [2.75, 3.05) is 42.9 Å². The van der Waals surface area contributed by atoms with Gasteiger partial charge in [0.15, 0.2) is 17.1 Å². The van der Waals surface area contributed by atoms with Crippen LogP contribution in [0.15, 0.2) is 107 Å². The summed E-state index contributed by atoms with van der Waals surface area (Å²) in [5, 5.41) is 14.7. The average molecular weight is 1090 g/mol. The van der Waals surface area contributed by atoms with Gasteiger partial charge in [0.1, 0.15) is 34.7 Å². The molecule has 0 bridgehead atoms. The minimum absolute atomic E-state index is 0.00436. The van der Waals surface area contributed by atoms with Crippen molar-refractivity contribution >= 4 is 63.2 Å². The van der Waals surface area contributed by atoms with Crippen LogP contribution in [0.5, 0.6) is 5.75 Å². The number of piperazine rings is 1. The van der Waals surface area contributed by atoms with E-state index in [1.807, 2.05) is 64.6 Å². The smallest absolute Gasteiger partial charge is 0.355 e. The number of phenols is 1. The van der Waals surface area contributed by atoms with Gasteiger partial charge in [-0.2, -0.15) is 9.97 Å². The summed E-state index contributed by atoms with van der Waals surface area (Å²) in [5.74, 6) is -3.52. The van der Waals surface area contributed by atoms with Crippen LogP contribution in [0.3, 0.4) is 0 Å². The lowest BCUT2D eigenvalue weighted by Gasteiger charge is -2.40. The van der Waals surface area contributed by atoms with Gasteiger partial charge in [0.05, 0.1) is 55.9 Å². The van der Waals surface area contributed by atoms with Gasteiger partial charge in [0.2, 0.25) is 11.8 Å². The lowest BCUT2D eigenvalue weighted by atomic mass is 9.98. The van der Waals surface area contributed by atoms with Gasteiger partial charge >= 0.3 is 11.4 Å². The number of aryl methyl sites for hydroxylation is 2. The zero-order valence-electron chi connectivity index (χ0n) is 44.4. The minimum atomic E-state index is -0.946. The number of phenolic OH excluding ortho intramolecular Hbond substituents is 1. The number of aromatic nitrogens is 7. The first-order chi connectivity index (χ1) is 37.7. The van der Waals surface area contributed by atoms with Gasteiger partial charge in [-0.3, -0.25) is 14.6 Å². The molecule has 2 N–H and O–H groups in total. The normalized spacial score (nSPS) is 15.0. The molecule has 10 rings (SSSR count). The highest BCUT2D eigenvalue weighted by Crippen LogP contribution is 2.39. The highest BCUT2D eigenvalue weighted by atomic mass is 35.5. The molecule has 20 heteroatoms. The van der Waals surface area contributed by atoms with Gasteiger partial charge in [0.25, 0.3) is 0 Å². The van der Waals surface area contributed by atoms with Crippen molar-refractivity contribution in [3.8, 4) is 39.6 Å². The Hall–Kier alpha value is -8.71. The lowest BCUT2D eigenvalue weighted by Crippen LogP contribution is -2.56. The standard InChI is InChI=1S/C59H55ClF3N11O5/c1-9-46(76)71-28-36(29-71)65-54-39-25-41(60)50(38-15-10-11-17-42(38)61)66-56(39)74(58(78)68-54)53-33(7)24-35(64-49(53)31(4)5)20-21-47(77)70-22-23-72(34(8)27-70)55-40-26-44(63)51(48-43(62)18-13-19-45(48)75)67-57(40)73(59(79)69-55)52-32(6)14-12-16-37(52)30(2)3/h9-21,24-26,30-31,34,36,75H,1,22-23,27-29H2,2-8H3,(H,65,68,78)/b21-20+/t34-/m0/s1. The third-order valence-corrected chi connectivity index (χ3v) is 14.7. The molecule has 2 amide bonds. The molecule has 5 aromatic heterocycles. The zero-order chi connectivity index (χ0) is 56.3. The Kier molecular flexibility index (Phi) is 14.4. The van der Waals surface area contributed by atoms with E-state index in [9.17, 15) is 24.3 Å². The monoisotopic (exact) mass is 1090 g/mol. The molecule has 7 heterocycles. The molecule has 1 atom stereocenters. The number of fused-ring (bicyclic) bond motifs is 2. The summed E-state index contributed by atoms with van der Waals surface area (Å²) in [6.45, 7) is 18.0. The predicted octanol–water partition coefficient (Wildman–Crippen LogP) is 9.80. The van der Waals surface area contributed by atoms with Crippen molar-refractivity contribution in [1.29, 1.82) is 0 Å². The van der Waals surface area contributed by atoms with Crippen LogP contribution in [0.2, 0.25) is 5.02 Å². The van der Waals surface area contributed by atoms with Crippen LogP contribution < -0.4 is 21.6 Å². The van der Waals surface area contributed by atoms with Crippen LogP contribution in [0.1, 0.15) is 74.5 Å².